The SMILES string of the molecule is C=CCNS(=O)(=O)c1ccc(C(=O)NNC(=O)C(C)Oc2ccc(F)cc2)cc1. The summed E-state index contributed by atoms with van der Waals surface area (Å²) in [5, 5.41) is 0. The van der Waals surface area contributed by atoms with Crippen molar-refractivity contribution in [3.05, 3.63) is 72.6 Å². The Morgan fingerprint density at radius 3 is 2.31 bits per heavy atom. The second-order valence-corrected chi connectivity index (χ2v) is 7.59. The molecule has 3 N–H and O–H groups in total. The quantitative estimate of drug-likeness (QED) is 0.442. The zero-order chi connectivity index (χ0) is 21.4. The molecule has 0 aliphatic rings. The Bertz CT molecular complexity index is 976. The van der Waals surface area contributed by atoms with Crippen LogP contribution in [0.5, 0.6) is 5.75 Å². The lowest BCUT2D eigenvalue weighted by atomic mass is 10.2. The summed E-state index contributed by atoms with van der Waals surface area (Å²) in [7, 11) is -3.70. The van der Waals surface area contributed by atoms with Gasteiger partial charge in [0.15, 0.2) is 6.10 Å². The van der Waals surface area contributed by atoms with Crippen molar-refractivity contribution in [2.45, 2.75) is 17.9 Å². The number of hydrogen-bond acceptors (Lipinski definition) is 5. The Balaban J connectivity index is 1.90. The summed E-state index contributed by atoms with van der Waals surface area (Å²) < 4.78 is 44.5. The maximum atomic E-state index is 12.9. The molecule has 29 heavy (non-hydrogen) atoms. The van der Waals surface area contributed by atoms with Crippen molar-refractivity contribution in [1.82, 2.24) is 15.6 Å². The minimum Gasteiger partial charge on any atom is -0.481 e. The molecule has 0 aliphatic heterocycles. The van der Waals surface area contributed by atoms with Gasteiger partial charge in [0, 0.05) is 12.1 Å². The van der Waals surface area contributed by atoms with Crippen LogP contribution in [-0.4, -0.2) is 32.9 Å². The summed E-state index contributed by atoms with van der Waals surface area (Å²) in [5.41, 5.74) is 4.56. The molecule has 154 valence electrons. The first-order valence-electron chi connectivity index (χ1n) is 8.46. The highest BCUT2D eigenvalue weighted by molar-refractivity contribution is 7.89. The van der Waals surface area contributed by atoms with Gasteiger partial charge in [0.2, 0.25) is 10.0 Å². The molecule has 2 amide bonds. The minimum atomic E-state index is -3.70. The minimum absolute atomic E-state index is 0.0127. The van der Waals surface area contributed by atoms with Gasteiger partial charge in [-0.05, 0) is 55.5 Å². The Hall–Kier alpha value is -3.24. The molecule has 2 aromatic rings. The lowest BCUT2D eigenvalue weighted by Crippen LogP contribution is -2.47. The van der Waals surface area contributed by atoms with Crippen LogP contribution in [0, 0.1) is 5.82 Å². The monoisotopic (exact) mass is 421 g/mol. The molecule has 2 rings (SSSR count). The van der Waals surface area contributed by atoms with Gasteiger partial charge in [-0.3, -0.25) is 20.4 Å². The van der Waals surface area contributed by atoms with Gasteiger partial charge >= 0.3 is 0 Å². The number of sulfonamides is 1. The van der Waals surface area contributed by atoms with E-state index in [1.165, 1.54) is 61.5 Å². The number of benzene rings is 2. The maximum Gasteiger partial charge on any atom is 0.279 e. The number of halogens is 1. The van der Waals surface area contributed by atoms with Crippen LogP contribution in [0.4, 0.5) is 4.39 Å². The van der Waals surface area contributed by atoms with E-state index in [2.05, 4.69) is 22.2 Å². The third-order valence-corrected chi connectivity index (χ3v) is 5.08. The standard InChI is InChI=1S/C19H20FN3O5S/c1-3-12-21-29(26,27)17-10-4-14(5-11-17)19(25)23-22-18(24)13(2)28-16-8-6-15(20)7-9-16/h3-11,13,21H,1,12H2,2H3,(H,22,24)(H,23,25). The second-order valence-electron chi connectivity index (χ2n) is 5.82. The molecule has 0 radical (unpaired) electrons. The number of carbonyl (C=O) groups excluding carboxylic acids is 2. The first-order chi connectivity index (χ1) is 13.7. The van der Waals surface area contributed by atoms with Crippen LogP contribution < -0.4 is 20.3 Å². The Morgan fingerprint density at radius 1 is 1.10 bits per heavy atom. The molecule has 8 nitrogen and oxygen atoms in total. The number of carbonyl (C=O) groups is 2. The summed E-state index contributed by atoms with van der Waals surface area (Å²) in [4.78, 5) is 24.1. The summed E-state index contributed by atoms with van der Waals surface area (Å²) in [6.45, 7) is 4.97. The van der Waals surface area contributed by atoms with Gasteiger partial charge in [0.1, 0.15) is 11.6 Å². The third kappa shape index (κ3) is 6.40. The van der Waals surface area contributed by atoms with Crippen LogP contribution in [0.3, 0.4) is 0 Å². The average molecular weight is 421 g/mol. The molecule has 10 heteroatoms. The van der Waals surface area contributed by atoms with Gasteiger partial charge in [-0.15, -0.1) is 6.58 Å². The molecular formula is C19H20FN3O5S. The molecule has 0 aliphatic carbocycles. The van der Waals surface area contributed by atoms with E-state index < -0.39 is 33.8 Å². The van der Waals surface area contributed by atoms with Gasteiger partial charge in [-0.1, -0.05) is 6.08 Å². The highest BCUT2D eigenvalue weighted by Crippen LogP contribution is 2.13. The fraction of sp³-hybridized carbons (Fsp3) is 0.158. The van der Waals surface area contributed by atoms with Gasteiger partial charge in [0.25, 0.3) is 11.8 Å². The van der Waals surface area contributed by atoms with E-state index in [-0.39, 0.29) is 17.0 Å². The van der Waals surface area contributed by atoms with Crippen molar-refractivity contribution in [2.75, 3.05) is 6.54 Å². The molecule has 1 atom stereocenters. The predicted octanol–water partition coefficient (Wildman–Crippen LogP) is 1.52. The largest absolute Gasteiger partial charge is 0.481 e. The van der Waals surface area contributed by atoms with Gasteiger partial charge < -0.3 is 4.74 Å². The molecular weight excluding hydrogens is 401 g/mol. The van der Waals surface area contributed by atoms with E-state index >= 15 is 0 Å². The normalized spacial score (nSPS) is 11.9. The molecule has 0 heterocycles. The van der Waals surface area contributed by atoms with Crippen molar-refractivity contribution < 1.29 is 27.1 Å². The lowest BCUT2D eigenvalue weighted by Gasteiger charge is -2.15. The molecule has 2 aromatic carbocycles. The van der Waals surface area contributed by atoms with Crippen LogP contribution in [-0.2, 0) is 14.8 Å². The number of ether oxygens (including phenoxy) is 1. The maximum absolute atomic E-state index is 12.9. The fourth-order valence-electron chi connectivity index (χ4n) is 2.10. The topological polar surface area (TPSA) is 114 Å². The van der Waals surface area contributed by atoms with Crippen LogP contribution in [0.2, 0.25) is 0 Å². The molecule has 0 spiro atoms. The number of hydrazine groups is 1. The first kappa shape index (κ1) is 22.1. The number of amides is 2. The highest BCUT2D eigenvalue weighted by Gasteiger charge is 2.17. The van der Waals surface area contributed by atoms with Gasteiger partial charge in [-0.2, -0.15) is 0 Å². The predicted molar refractivity (Wildman–Crippen MR) is 104 cm³/mol. The summed E-state index contributed by atoms with van der Waals surface area (Å²) in [6, 6.07) is 10.3. The van der Waals surface area contributed by atoms with E-state index in [1.54, 1.807) is 0 Å². The van der Waals surface area contributed by atoms with Crippen LogP contribution in [0.1, 0.15) is 17.3 Å². The molecule has 0 saturated carbocycles. The molecule has 0 aromatic heterocycles. The zero-order valence-electron chi connectivity index (χ0n) is 15.5. The Morgan fingerprint density at radius 2 is 1.72 bits per heavy atom. The summed E-state index contributed by atoms with van der Waals surface area (Å²) >= 11 is 0. The van der Waals surface area contributed by atoms with E-state index in [0.29, 0.717) is 5.75 Å². The second kappa shape index (κ2) is 9.80. The van der Waals surface area contributed by atoms with Crippen LogP contribution in [0.25, 0.3) is 0 Å². The Kier molecular flexibility index (Phi) is 7.46. The van der Waals surface area contributed by atoms with Crippen molar-refractivity contribution in [2.24, 2.45) is 0 Å². The zero-order valence-corrected chi connectivity index (χ0v) is 16.3. The van der Waals surface area contributed by atoms with Gasteiger partial charge in [0.05, 0.1) is 4.90 Å². The van der Waals surface area contributed by atoms with Crippen molar-refractivity contribution in [3.63, 3.8) is 0 Å². The average Bonchev–Trinajstić information content (AvgIpc) is 2.72. The van der Waals surface area contributed by atoms with Gasteiger partial charge in [-0.25, -0.2) is 17.5 Å². The number of rotatable bonds is 8. The van der Waals surface area contributed by atoms with Crippen molar-refractivity contribution in [1.29, 1.82) is 0 Å². The van der Waals surface area contributed by atoms with Crippen molar-refractivity contribution in [3.8, 4) is 5.75 Å². The first-order valence-corrected chi connectivity index (χ1v) is 9.94. The molecule has 0 bridgehead atoms. The summed E-state index contributed by atoms with van der Waals surface area (Å²) in [5.74, 6) is -1.41. The van der Waals surface area contributed by atoms with Crippen LogP contribution >= 0.6 is 0 Å². The fourth-order valence-corrected chi connectivity index (χ4v) is 3.10. The third-order valence-electron chi connectivity index (χ3n) is 3.64. The van der Waals surface area contributed by atoms with E-state index in [1.807, 2.05) is 0 Å². The van der Waals surface area contributed by atoms with E-state index in [0.717, 1.165) is 0 Å². The van der Waals surface area contributed by atoms with Crippen molar-refractivity contribution >= 4 is 21.8 Å². The summed E-state index contributed by atoms with van der Waals surface area (Å²) in [6.07, 6.45) is 0.451. The highest BCUT2D eigenvalue weighted by atomic mass is 32.2. The number of hydrogen-bond donors (Lipinski definition) is 3. The lowest BCUT2D eigenvalue weighted by molar-refractivity contribution is -0.128. The van der Waals surface area contributed by atoms with E-state index in [4.69, 9.17) is 4.74 Å². The Labute approximate surface area is 167 Å². The smallest absolute Gasteiger partial charge is 0.279 e. The van der Waals surface area contributed by atoms with E-state index in [9.17, 15) is 22.4 Å². The molecule has 0 fully saturated rings. The molecule has 0 saturated heterocycles. The van der Waals surface area contributed by atoms with Crippen LogP contribution in [0.15, 0.2) is 66.1 Å². The number of nitrogens with one attached hydrogen (secondary N) is 3. The molecule has 1 unspecified atom stereocenters.